The number of amides is 1. The highest BCUT2D eigenvalue weighted by Crippen LogP contribution is 2.27. The molecule has 1 heterocycles. The lowest BCUT2D eigenvalue weighted by molar-refractivity contribution is -0.119. The molecular weight excluding hydrogens is 304 g/mol. The Morgan fingerprint density at radius 1 is 1.21 bits per heavy atom. The summed E-state index contributed by atoms with van der Waals surface area (Å²) in [6.07, 6.45) is 1.81. The van der Waals surface area contributed by atoms with Crippen LogP contribution in [-0.2, 0) is 11.4 Å². The normalized spacial score (nSPS) is 16.9. The molecule has 126 valence electrons. The standard InChI is InChI=1S/C19H22N2O3/c1-23-17-5-2-4-14(12-17)13-24-16-9-7-15(8-10-16)21-11-3-6-18(21)19(20)22/h2,4-5,7-10,12,18H,3,6,11,13H2,1H3,(H2,20,22)/t18-/m1/s1. The van der Waals surface area contributed by atoms with Gasteiger partial charge in [-0.3, -0.25) is 4.79 Å². The van der Waals surface area contributed by atoms with E-state index < -0.39 is 0 Å². The van der Waals surface area contributed by atoms with Gasteiger partial charge in [0.2, 0.25) is 5.91 Å². The van der Waals surface area contributed by atoms with Crippen LogP contribution in [0.1, 0.15) is 18.4 Å². The Bertz CT molecular complexity index is 700. The number of hydrogen-bond donors (Lipinski definition) is 1. The summed E-state index contributed by atoms with van der Waals surface area (Å²) in [6, 6.07) is 15.4. The van der Waals surface area contributed by atoms with Crippen molar-refractivity contribution in [1.82, 2.24) is 0 Å². The van der Waals surface area contributed by atoms with Crippen molar-refractivity contribution >= 4 is 11.6 Å². The first kappa shape index (κ1) is 16.2. The first-order valence-electron chi connectivity index (χ1n) is 8.09. The van der Waals surface area contributed by atoms with E-state index in [2.05, 4.69) is 4.90 Å². The molecule has 2 aromatic carbocycles. The van der Waals surface area contributed by atoms with Crippen LogP contribution in [0, 0.1) is 0 Å². The maximum absolute atomic E-state index is 11.5. The van der Waals surface area contributed by atoms with Crippen LogP contribution in [0.15, 0.2) is 48.5 Å². The molecule has 0 aliphatic carbocycles. The molecule has 0 radical (unpaired) electrons. The van der Waals surface area contributed by atoms with Crippen LogP contribution in [0.3, 0.4) is 0 Å². The van der Waals surface area contributed by atoms with Crippen molar-refractivity contribution in [3.8, 4) is 11.5 Å². The molecular formula is C19H22N2O3. The second-order valence-corrected chi connectivity index (χ2v) is 5.89. The monoisotopic (exact) mass is 326 g/mol. The summed E-state index contributed by atoms with van der Waals surface area (Å²) in [5.41, 5.74) is 7.53. The molecule has 1 aliphatic rings. The van der Waals surface area contributed by atoms with Gasteiger partial charge in [-0.15, -0.1) is 0 Å². The van der Waals surface area contributed by atoms with Gasteiger partial charge in [-0.25, -0.2) is 0 Å². The van der Waals surface area contributed by atoms with Crippen molar-refractivity contribution in [2.75, 3.05) is 18.6 Å². The third-order valence-corrected chi connectivity index (χ3v) is 4.29. The number of ether oxygens (including phenoxy) is 2. The molecule has 1 atom stereocenters. The third-order valence-electron chi connectivity index (χ3n) is 4.29. The first-order valence-corrected chi connectivity index (χ1v) is 8.09. The topological polar surface area (TPSA) is 64.8 Å². The maximum atomic E-state index is 11.5. The van der Waals surface area contributed by atoms with Gasteiger partial charge in [-0.05, 0) is 54.8 Å². The Labute approximate surface area is 142 Å². The Kier molecular flexibility index (Phi) is 4.89. The number of nitrogens with two attached hydrogens (primary N) is 1. The highest BCUT2D eigenvalue weighted by molar-refractivity contribution is 5.84. The van der Waals surface area contributed by atoms with E-state index in [1.54, 1.807) is 7.11 Å². The molecule has 24 heavy (non-hydrogen) atoms. The van der Waals surface area contributed by atoms with Gasteiger partial charge in [0.25, 0.3) is 0 Å². The predicted octanol–water partition coefficient (Wildman–Crippen LogP) is 2.73. The van der Waals surface area contributed by atoms with Gasteiger partial charge in [0.1, 0.15) is 24.1 Å². The second-order valence-electron chi connectivity index (χ2n) is 5.89. The summed E-state index contributed by atoms with van der Waals surface area (Å²) in [7, 11) is 1.65. The zero-order chi connectivity index (χ0) is 16.9. The fraction of sp³-hybridized carbons (Fsp3) is 0.316. The van der Waals surface area contributed by atoms with Crippen LogP contribution in [0.5, 0.6) is 11.5 Å². The molecule has 1 saturated heterocycles. The average Bonchev–Trinajstić information content (AvgIpc) is 3.10. The van der Waals surface area contributed by atoms with Gasteiger partial charge < -0.3 is 20.1 Å². The van der Waals surface area contributed by atoms with Gasteiger partial charge in [0, 0.05) is 12.2 Å². The smallest absolute Gasteiger partial charge is 0.240 e. The summed E-state index contributed by atoms with van der Waals surface area (Å²) in [4.78, 5) is 13.6. The zero-order valence-corrected chi connectivity index (χ0v) is 13.8. The van der Waals surface area contributed by atoms with E-state index in [0.717, 1.165) is 42.1 Å². The molecule has 0 saturated carbocycles. The lowest BCUT2D eigenvalue weighted by Crippen LogP contribution is -2.40. The Morgan fingerprint density at radius 3 is 2.71 bits per heavy atom. The number of carbonyl (C=O) groups is 1. The number of primary amides is 1. The maximum Gasteiger partial charge on any atom is 0.240 e. The van der Waals surface area contributed by atoms with E-state index in [1.807, 2.05) is 48.5 Å². The van der Waals surface area contributed by atoms with Crippen LogP contribution in [0.2, 0.25) is 0 Å². The fourth-order valence-electron chi connectivity index (χ4n) is 3.03. The molecule has 5 nitrogen and oxygen atoms in total. The third kappa shape index (κ3) is 3.62. The van der Waals surface area contributed by atoms with E-state index in [-0.39, 0.29) is 11.9 Å². The number of anilines is 1. The number of nitrogens with zero attached hydrogens (tertiary/aromatic N) is 1. The minimum atomic E-state index is -0.258. The van der Waals surface area contributed by atoms with Gasteiger partial charge in [-0.2, -0.15) is 0 Å². The van der Waals surface area contributed by atoms with Crippen molar-refractivity contribution in [2.45, 2.75) is 25.5 Å². The lowest BCUT2D eigenvalue weighted by Gasteiger charge is -2.24. The second kappa shape index (κ2) is 7.25. The van der Waals surface area contributed by atoms with Crippen molar-refractivity contribution in [3.05, 3.63) is 54.1 Å². The summed E-state index contributed by atoms with van der Waals surface area (Å²) in [5.74, 6) is 1.35. The molecule has 1 amide bonds. The van der Waals surface area contributed by atoms with E-state index in [4.69, 9.17) is 15.2 Å². The quantitative estimate of drug-likeness (QED) is 0.886. The van der Waals surface area contributed by atoms with E-state index >= 15 is 0 Å². The number of benzene rings is 2. The van der Waals surface area contributed by atoms with Crippen molar-refractivity contribution in [1.29, 1.82) is 0 Å². The van der Waals surface area contributed by atoms with Crippen LogP contribution in [0.4, 0.5) is 5.69 Å². The number of methoxy groups -OCH3 is 1. The highest BCUT2D eigenvalue weighted by Gasteiger charge is 2.28. The van der Waals surface area contributed by atoms with E-state index in [1.165, 1.54) is 0 Å². The Morgan fingerprint density at radius 2 is 2.00 bits per heavy atom. The summed E-state index contributed by atoms with van der Waals surface area (Å²) in [5, 5.41) is 0. The van der Waals surface area contributed by atoms with Gasteiger partial charge >= 0.3 is 0 Å². The molecule has 0 aromatic heterocycles. The summed E-state index contributed by atoms with van der Waals surface area (Å²) in [6.45, 7) is 1.34. The molecule has 1 aliphatic heterocycles. The fourth-order valence-corrected chi connectivity index (χ4v) is 3.03. The highest BCUT2D eigenvalue weighted by atomic mass is 16.5. The number of carbonyl (C=O) groups excluding carboxylic acids is 1. The van der Waals surface area contributed by atoms with E-state index in [9.17, 15) is 4.79 Å². The van der Waals surface area contributed by atoms with Crippen molar-refractivity contribution < 1.29 is 14.3 Å². The van der Waals surface area contributed by atoms with Crippen LogP contribution in [0.25, 0.3) is 0 Å². The van der Waals surface area contributed by atoms with Crippen LogP contribution in [-0.4, -0.2) is 25.6 Å². The summed E-state index contributed by atoms with van der Waals surface area (Å²) >= 11 is 0. The SMILES string of the molecule is COc1cccc(COc2ccc(N3CCC[C@@H]3C(N)=O)cc2)c1. The molecule has 2 N–H and O–H groups in total. The van der Waals surface area contributed by atoms with Crippen LogP contribution < -0.4 is 20.1 Å². The summed E-state index contributed by atoms with van der Waals surface area (Å²) < 4.78 is 11.0. The molecule has 2 aromatic rings. The van der Waals surface area contributed by atoms with Gasteiger partial charge in [-0.1, -0.05) is 12.1 Å². The molecule has 3 rings (SSSR count). The Balaban J connectivity index is 1.63. The Hall–Kier alpha value is -2.69. The average molecular weight is 326 g/mol. The molecule has 0 unspecified atom stereocenters. The van der Waals surface area contributed by atoms with Crippen molar-refractivity contribution in [2.24, 2.45) is 5.73 Å². The molecule has 1 fully saturated rings. The molecule has 0 spiro atoms. The minimum Gasteiger partial charge on any atom is -0.497 e. The van der Waals surface area contributed by atoms with E-state index in [0.29, 0.717) is 6.61 Å². The first-order chi connectivity index (χ1) is 11.7. The number of rotatable bonds is 6. The molecule has 5 heteroatoms. The molecule has 0 bridgehead atoms. The van der Waals surface area contributed by atoms with Crippen molar-refractivity contribution in [3.63, 3.8) is 0 Å². The number of hydrogen-bond acceptors (Lipinski definition) is 4. The minimum absolute atomic E-state index is 0.200. The lowest BCUT2D eigenvalue weighted by atomic mass is 10.2. The predicted molar refractivity (Wildman–Crippen MR) is 93.3 cm³/mol. The van der Waals surface area contributed by atoms with Gasteiger partial charge in [0.15, 0.2) is 0 Å². The largest absolute Gasteiger partial charge is 0.497 e. The van der Waals surface area contributed by atoms with Crippen LogP contribution >= 0.6 is 0 Å². The van der Waals surface area contributed by atoms with Gasteiger partial charge in [0.05, 0.1) is 7.11 Å². The zero-order valence-electron chi connectivity index (χ0n) is 13.8.